The van der Waals surface area contributed by atoms with E-state index in [9.17, 15) is 4.39 Å². The topological polar surface area (TPSA) is 40.8 Å². The second-order valence-electron chi connectivity index (χ2n) is 3.93. The molecule has 0 aliphatic carbocycles. The van der Waals surface area contributed by atoms with E-state index in [-0.39, 0.29) is 5.82 Å². The Morgan fingerprint density at radius 2 is 2.22 bits per heavy atom. The van der Waals surface area contributed by atoms with Gasteiger partial charge in [-0.1, -0.05) is 0 Å². The Morgan fingerprint density at radius 1 is 1.44 bits per heavy atom. The van der Waals surface area contributed by atoms with Gasteiger partial charge in [-0.05, 0) is 52.4 Å². The lowest BCUT2D eigenvalue weighted by atomic mass is 10.2. The van der Waals surface area contributed by atoms with Crippen LogP contribution in [0.3, 0.4) is 0 Å². The zero-order valence-corrected chi connectivity index (χ0v) is 11.9. The summed E-state index contributed by atoms with van der Waals surface area (Å²) < 4.78 is 15.6. The number of nitrogens with one attached hydrogen (secondary N) is 1. The third-order valence-corrected chi connectivity index (χ3v) is 3.48. The van der Waals surface area contributed by atoms with Crippen LogP contribution in [0, 0.1) is 20.7 Å². The maximum Gasteiger partial charge on any atom is 0.124 e. The second kappa shape index (κ2) is 5.40. The van der Waals surface area contributed by atoms with Gasteiger partial charge in [0.1, 0.15) is 17.6 Å². The third kappa shape index (κ3) is 2.82. The minimum absolute atomic E-state index is 0.239. The molecule has 0 spiro atoms. The molecule has 0 fully saturated rings. The summed E-state index contributed by atoms with van der Waals surface area (Å²) in [6, 6.07) is 8.57. The highest BCUT2D eigenvalue weighted by atomic mass is 127. The Labute approximate surface area is 118 Å². The van der Waals surface area contributed by atoms with Crippen LogP contribution in [0.2, 0.25) is 0 Å². The lowest BCUT2D eigenvalue weighted by Gasteiger charge is -2.07. The zero-order valence-electron chi connectivity index (χ0n) is 9.74. The molecule has 0 aliphatic rings. The summed E-state index contributed by atoms with van der Waals surface area (Å²) in [6.07, 6.45) is 1.90. The maximum atomic E-state index is 12.9. The Kier molecular flexibility index (Phi) is 3.87. The van der Waals surface area contributed by atoms with Crippen molar-refractivity contribution >= 4 is 28.3 Å². The van der Waals surface area contributed by atoms with Crippen molar-refractivity contribution in [3.8, 4) is 6.07 Å². The van der Waals surface area contributed by atoms with Crippen LogP contribution in [-0.4, -0.2) is 4.57 Å². The van der Waals surface area contributed by atoms with Crippen molar-refractivity contribution in [1.82, 2.24) is 4.57 Å². The quantitative estimate of drug-likeness (QED) is 0.859. The summed E-state index contributed by atoms with van der Waals surface area (Å²) in [5, 5.41) is 12.1. The number of aromatic nitrogens is 1. The first-order chi connectivity index (χ1) is 8.60. The molecule has 0 atom stereocenters. The van der Waals surface area contributed by atoms with Crippen LogP contribution >= 0.6 is 22.6 Å². The fraction of sp³-hybridized carbons (Fsp3) is 0.154. The van der Waals surface area contributed by atoms with E-state index < -0.39 is 0 Å². The minimum Gasteiger partial charge on any atom is -0.380 e. The van der Waals surface area contributed by atoms with Crippen LogP contribution in [0.1, 0.15) is 11.3 Å². The van der Waals surface area contributed by atoms with Crippen LogP contribution in [0.15, 0.2) is 30.5 Å². The predicted octanol–water partition coefficient (Wildman–Crippen LogP) is 3.25. The summed E-state index contributed by atoms with van der Waals surface area (Å²) in [4.78, 5) is 0. The van der Waals surface area contributed by atoms with Crippen molar-refractivity contribution in [2.75, 3.05) is 5.32 Å². The largest absolute Gasteiger partial charge is 0.380 e. The number of benzene rings is 1. The van der Waals surface area contributed by atoms with E-state index in [2.05, 4.69) is 34.0 Å². The van der Waals surface area contributed by atoms with Gasteiger partial charge in [-0.2, -0.15) is 5.26 Å². The highest BCUT2D eigenvalue weighted by molar-refractivity contribution is 14.1. The van der Waals surface area contributed by atoms with Crippen molar-refractivity contribution in [3.63, 3.8) is 0 Å². The molecule has 0 aliphatic heterocycles. The molecule has 2 rings (SSSR count). The normalized spacial score (nSPS) is 10.1. The Balaban J connectivity index is 2.09. The van der Waals surface area contributed by atoms with Gasteiger partial charge in [-0.25, -0.2) is 4.39 Å². The Bertz CT molecular complexity index is 613. The third-order valence-electron chi connectivity index (χ3n) is 2.59. The van der Waals surface area contributed by atoms with E-state index in [1.807, 2.05) is 19.3 Å². The molecule has 18 heavy (non-hydrogen) atoms. The fourth-order valence-electron chi connectivity index (χ4n) is 1.67. The lowest BCUT2D eigenvalue weighted by Crippen LogP contribution is -2.00. The van der Waals surface area contributed by atoms with Gasteiger partial charge in [0.2, 0.25) is 0 Å². The number of rotatable bonds is 3. The molecule has 0 saturated carbocycles. The molecule has 5 heteroatoms. The summed E-state index contributed by atoms with van der Waals surface area (Å²) in [6.45, 7) is 0.608. The molecule has 0 radical (unpaired) electrons. The highest BCUT2D eigenvalue weighted by Gasteiger charge is 2.04. The average molecular weight is 355 g/mol. The molecule has 2 aromatic rings. The van der Waals surface area contributed by atoms with Crippen molar-refractivity contribution < 1.29 is 4.39 Å². The van der Waals surface area contributed by atoms with Gasteiger partial charge < -0.3 is 9.88 Å². The lowest BCUT2D eigenvalue weighted by molar-refractivity contribution is 0.627. The summed E-state index contributed by atoms with van der Waals surface area (Å²) in [5.41, 5.74) is 2.54. The molecule has 92 valence electrons. The minimum atomic E-state index is -0.239. The van der Waals surface area contributed by atoms with Crippen molar-refractivity contribution in [2.24, 2.45) is 7.05 Å². The predicted molar refractivity (Wildman–Crippen MR) is 76.6 cm³/mol. The number of hydrogen-bond donors (Lipinski definition) is 1. The SMILES string of the molecule is Cn1cc(CNc2ccc(F)cc2I)cc1C#N. The van der Waals surface area contributed by atoms with Crippen molar-refractivity contribution in [3.05, 3.63) is 51.1 Å². The zero-order chi connectivity index (χ0) is 13.1. The van der Waals surface area contributed by atoms with Gasteiger partial charge in [0, 0.05) is 29.0 Å². The highest BCUT2D eigenvalue weighted by Crippen LogP contribution is 2.20. The van der Waals surface area contributed by atoms with Crippen LogP contribution in [0.5, 0.6) is 0 Å². The molecular formula is C13H11FIN3. The van der Waals surface area contributed by atoms with E-state index in [1.54, 1.807) is 10.6 Å². The molecular weight excluding hydrogens is 344 g/mol. The van der Waals surface area contributed by atoms with Crippen molar-refractivity contribution in [2.45, 2.75) is 6.54 Å². The number of nitriles is 1. The van der Waals surface area contributed by atoms with Gasteiger partial charge in [0.15, 0.2) is 0 Å². The molecule has 0 unspecified atom stereocenters. The second-order valence-corrected chi connectivity index (χ2v) is 5.10. The van der Waals surface area contributed by atoms with Crippen molar-refractivity contribution in [1.29, 1.82) is 5.26 Å². The van der Waals surface area contributed by atoms with Crippen LogP contribution < -0.4 is 5.32 Å². The average Bonchev–Trinajstić information content (AvgIpc) is 2.69. The van der Waals surface area contributed by atoms with Gasteiger partial charge in [0.25, 0.3) is 0 Å². The number of nitrogens with zero attached hydrogens (tertiary/aromatic N) is 2. The van der Waals surface area contributed by atoms with Crippen LogP contribution in [0.4, 0.5) is 10.1 Å². The van der Waals surface area contributed by atoms with Crippen LogP contribution in [0.25, 0.3) is 0 Å². The van der Waals surface area contributed by atoms with E-state index in [0.29, 0.717) is 12.2 Å². The first-order valence-corrected chi connectivity index (χ1v) is 6.42. The first-order valence-electron chi connectivity index (χ1n) is 5.34. The number of anilines is 1. The van der Waals surface area contributed by atoms with Gasteiger partial charge in [-0.3, -0.25) is 0 Å². The monoisotopic (exact) mass is 355 g/mol. The van der Waals surface area contributed by atoms with E-state index >= 15 is 0 Å². The van der Waals surface area contributed by atoms with E-state index in [4.69, 9.17) is 5.26 Å². The van der Waals surface area contributed by atoms with E-state index in [0.717, 1.165) is 14.8 Å². The molecule has 0 bridgehead atoms. The van der Waals surface area contributed by atoms with Gasteiger partial charge in [0.05, 0.1) is 0 Å². The summed E-state index contributed by atoms with van der Waals surface area (Å²) in [5.74, 6) is -0.239. The van der Waals surface area contributed by atoms with Gasteiger partial charge >= 0.3 is 0 Å². The summed E-state index contributed by atoms with van der Waals surface area (Å²) >= 11 is 2.09. The van der Waals surface area contributed by atoms with Gasteiger partial charge in [-0.15, -0.1) is 0 Å². The molecule has 0 amide bonds. The molecule has 1 heterocycles. The molecule has 0 saturated heterocycles. The maximum absolute atomic E-state index is 12.9. The molecule has 3 nitrogen and oxygen atoms in total. The summed E-state index contributed by atoms with van der Waals surface area (Å²) in [7, 11) is 1.84. The number of aryl methyl sites for hydroxylation is 1. The molecule has 1 aromatic heterocycles. The number of halogens is 2. The molecule has 1 N–H and O–H groups in total. The number of hydrogen-bond acceptors (Lipinski definition) is 2. The smallest absolute Gasteiger partial charge is 0.124 e. The Morgan fingerprint density at radius 3 is 2.83 bits per heavy atom. The first kappa shape index (κ1) is 12.9. The standard InChI is InChI=1S/C13H11FIN3/c1-18-8-9(4-11(18)6-16)7-17-13-3-2-10(14)5-12(13)15/h2-5,8,17H,7H2,1H3. The Hall–Kier alpha value is -1.55. The van der Waals surface area contributed by atoms with Crippen LogP contribution in [-0.2, 0) is 13.6 Å². The fourth-order valence-corrected chi connectivity index (χ4v) is 2.34. The molecule has 1 aromatic carbocycles. The van der Waals surface area contributed by atoms with E-state index in [1.165, 1.54) is 12.1 Å².